The Kier molecular flexibility index (Phi) is 10.7. The van der Waals surface area contributed by atoms with E-state index in [1.807, 2.05) is 6.08 Å². The summed E-state index contributed by atoms with van der Waals surface area (Å²) in [6.07, 6.45) is 15.9. The predicted octanol–water partition coefficient (Wildman–Crippen LogP) is 4.07. The van der Waals surface area contributed by atoms with Gasteiger partial charge in [0.05, 0.1) is 18.6 Å². The predicted molar refractivity (Wildman–Crippen MR) is 96.8 cm³/mol. The van der Waals surface area contributed by atoms with E-state index in [1.165, 1.54) is 19.3 Å². The van der Waals surface area contributed by atoms with E-state index in [9.17, 15) is 15.0 Å². The Balaban J connectivity index is 2.33. The molecule has 3 N–H and O–H groups in total. The molecule has 138 valence electrons. The van der Waals surface area contributed by atoms with Gasteiger partial charge in [0, 0.05) is 0 Å². The molecular formula is C20H34O4. The first-order chi connectivity index (χ1) is 11.6. The van der Waals surface area contributed by atoms with Gasteiger partial charge in [-0.25, -0.2) is 0 Å². The molecule has 24 heavy (non-hydrogen) atoms. The van der Waals surface area contributed by atoms with Gasteiger partial charge in [-0.15, -0.1) is 0 Å². The van der Waals surface area contributed by atoms with Gasteiger partial charge in [-0.3, -0.25) is 4.79 Å². The maximum Gasteiger partial charge on any atom is 0.307 e. The van der Waals surface area contributed by atoms with E-state index in [0.717, 1.165) is 32.1 Å². The molecule has 1 aliphatic carbocycles. The minimum Gasteiger partial charge on any atom is -0.481 e. The third kappa shape index (κ3) is 8.11. The van der Waals surface area contributed by atoms with Crippen LogP contribution in [0.4, 0.5) is 0 Å². The monoisotopic (exact) mass is 338 g/mol. The van der Waals surface area contributed by atoms with E-state index < -0.39 is 18.2 Å². The van der Waals surface area contributed by atoms with Crippen LogP contribution in [0.2, 0.25) is 0 Å². The van der Waals surface area contributed by atoms with Gasteiger partial charge in [-0.1, -0.05) is 44.1 Å². The molecule has 4 heteroatoms. The lowest BCUT2D eigenvalue weighted by Gasteiger charge is -2.22. The number of aliphatic hydroxyl groups is 2. The van der Waals surface area contributed by atoms with Gasteiger partial charge >= 0.3 is 5.97 Å². The van der Waals surface area contributed by atoms with Crippen LogP contribution >= 0.6 is 0 Å². The first kappa shape index (κ1) is 20.9. The fraction of sp³-hybridized carbons (Fsp3) is 0.750. The summed E-state index contributed by atoms with van der Waals surface area (Å²) in [4.78, 5) is 10.4. The lowest BCUT2D eigenvalue weighted by molar-refractivity contribution is -0.136. The van der Waals surface area contributed by atoms with Crippen molar-refractivity contribution >= 4 is 5.97 Å². The number of hydrogen-bond donors (Lipinski definition) is 3. The minimum absolute atomic E-state index is 0.0657. The molecule has 0 bridgehead atoms. The molecule has 0 aromatic heterocycles. The average Bonchev–Trinajstić information content (AvgIpc) is 2.80. The lowest BCUT2D eigenvalue weighted by Crippen LogP contribution is -2.21. The van der Waals surface area contributed by atoms with Crippen LogP contribution in [0, 0.1) is 11.8 Å². The van der Waals surface area contributed by atoms with Crippen molar-refractivity contribution in [2.75, 3.05) is 0 Å². The van der Waals surface area contributed by atoms with E-state index in [1.54, 1.807) is 6.08 Å². The van der Waals surface area contributed by atoms with Crippen molar-refractivity contribution in [1.29, 1.82) is 0 Å². The third-order valence-electron chi connectivity index (χ3n) is 4.94. The van der Waals surface area contributed by atoms with Gasteiger partial charge in [-0.05, 0) is 56.8 Å². The minimum atomic E-state index is -0.814. The van der Waals surface area contributed by atoms with Crippen LogP contribution in [0.15, 0.2) is 24.3 Å². The summed E-state index contributed by atoms with van der Waals surface area (Å²) in [5.74, 6) is -0.523. The molecule has 1 fully saturated rings. The number of rotatable bonds is 12. The second-order valence-corrected chi connectivity index (χ2v) is 6.90. The van der Waals surface area contributed by atoms with Crippen molar-refractivity contribution in [1.82, 2.24) is 0 Å². The Hall–Kier alpha value is -1.13. The Morgan fingerprint density at radius 1 is 0.958 bits per heavy atom. The summed E-state index contributed by atoms with van der Waals surface area (Å²) in [6, 6.07) is 0. The summed E-state index contributed by atoms with van der Waals surface area (Å²) in [6.45, 7) is 2.20. The van der Waals surface area contributed by atoms with Gasteiger partial charge in [0.15, 0.2) is 0 Å². The fourth-order valence-electron chi connectivity index (χ4n) is 3.56. The molecule has 1 aliphatic rings. The van der Waals surface area contributed by atoms with Crippen molar-refractivity contribution < 1.29 is 20.1 Å². The molecule has 0 amide bonds. The first-order valence-electron chi connectivity index (χ1n) is 9.44. The number of carbonyl (C=O) groups is 1. The number of aliphatic carboxylic acids is 1. The van der Waals surface area contributed by atoms with Gasteiger partial charge in [0.1, 0.15) is 0 Å². The summed E-state index contributed by atoms with van der Waals surface area (Å²) in [7, 11) is 0. The molecule has 1 saturated carbocycles. The quantitative estimate of drug-likeness (QED) is 0.370. The number of hydrogen-bond acceptors (Lipinski definition) is 3. The van der Waals surface area contributed by atoms with Crippen LogP contribution in [0.3, 0.4) is 0 Å². The van der Waals surface area contributed by atoms with Crippen LogP contribution in [-0.2, 0) is 4.79 Å². The highest BCUT2D eigenvalue weighted by Gasteiger charge is 2.40. The lowest BCUT2D eigenvalue weighted by atomic mass is 9.86. The van der Waals surface area contributed by atoms with E-state index in [4.69, 9.17) is 5.11 Å². The second-order valence-electron chi connectivity index (χ2n) is 6.90. The third-order valence-corrected chi connectivity index (χ3v) is 4.94. The molecule has 4 nitrogen and oxygen atoms in total. The standard InChI is InChI=1S/C20H34O4/c1-2-3-4-5-6-9-12-16-17(19(22)15-18(16)21)13-10-7-8-11-14-20(23)24/h6,8-9,11,16-19,21-22H,2-5,7,10,12-15H2,1H3,(H,23,24). The zero-order valence-corrected chi connectivity index (χ0v) is 14.9. The zero-order chi connectivity index (χ0) is 17.8. The SMILES string of the molecule is CCCCCC=CCC1C(O)CC(O)C1CCCC=CCC(=O)O. The molecular weight excluding hydrogens is 304 g/mol. The highest BCUT2D eigenvalue weighted by molar-refractivity contribution is 5.68. The van der Waals surface area contributed by atoms with Gasteiger partial charge < -0.3 is 15.3 Å². The van der Waals surface area contributed by atoms with Gasteiger partial charge in [0.25, 0.3) is 0 Å². The fourth-order valence-corrected chi connectivity index (χ4v) is 3.56. The molecule has 0 spiro atoms. The van der Waals surface area contributed by atoms with Crippen molar-refractivity contribution in [2.45, 2.75) is 83.3 Å². The molecule has 4 unspecified atom stereocenters. The molecule has 0 aliphatic heterocycles. The number of carboxylic acids is 1. The molecule has 0 radical (unpaired) electrons. The highest BCUT2D eigenvalue weighted by atomic mass is 16.4. The van der Waals surface area contributed by atoms with Crippen molar-refractivity contribution in [3.8, 4) is 0 Å². The zero-order valence-electron chi connectivity index (χ0n) is 14.9. The van der Waals surface area contributed by atoms with Crippen LogP contribution in [0.1, 0.15) is 71.1 Å². The Labute approximate surface area is 146 Å². The second kappa shape index (κ2) is 12.3. The van der Waals surface area contributed by atoms with E-state index in [0.29, 0.717) is 6.42 Å². The molecule has 1 rings (SSSR count). The summed E-state index contributed by atoms with van der Waals surface area (Å²) in [5.41, 5.74) is 0. The summed E-state index contributed by atoms with van der Waals surface area (Å²) < 4.78 is 0. The van der Waals surface area contributed by atoms with Crippen molar-refractivity contribution in [3.63, 3.8) is 0 Å². The highest BCUT2D eigenvalue weighted by Crippen LogP contribution is 2.38. The van der Waals surface area contributed by atoms with Crippen molar-refractivity contribution in [2.24, 2.45) is 11.8 Å². The number of unbranched alkanes of at least 4 members (excludes halogenated alkanes) is 4. The number of aliphatic hydroxyl groups excluding tert-OH is 2. The molecule has 4 atom stereocenters. The maximum atomic E-state index is 10.4. The normalized spacial score (nSPS) is 27.5. The van der Waals surface area contributed by atoms with Gasteiger partial charge in [0.2, 0.25) is 0 Å². The largest absolute Gasteiger partial charge is 0.481 e. The Morgan fingerprint density at radius 3 is 2.33 bits per heavy atom. The van der Waals surface area contributed by atoms with Crippen LogP contribution in [0.5, 0.6) is 0 Å². The van der Waals surface area contributed by atoms with Crippen molar-refractivity contribution in [3.05, 3.63) is 24.3 Å². The number of carboxylic acid groups (broad SMARTS) is 1. The summed E-state index contributed by atoms with van der Waals surface area (Å²) in [5, 5.41) is 29.0. The maximum absolute atomic E-state index is 10.4. The van der Waals surface area contributed by atoms with Crippen LogP contribution in [0.25, 0.3) is 0 Å². The van der Waals surface area contributed by atoms with E-state index in [2.05, 4.69) is 19.1 Å². The Bertz CT molecular complexity index is 402. The number of allylic oxidation sites excluding steroid dienone is 3. The van der Waals surface area contributed by atoms with Crippen LogP contribution < -0.4 is 0 Å². The van der Waals surface area contributed by atoms with E-state index in [-0.39, 0.29) is 18.3 Å². The molecule has 0 aromatic rings. The first-order valence-corrected chi connectivity index (χ1v) is 9.44. The smallest absolute Gasteiger partial charge is 0.307 e. The summed E-state index contributed by atoms with van der Waals surface area (Å²) >= 11 is 0. The molecule has 0 saturated heterocycles. The van der Waals surface area contributed by atoms with Crippen LogP contribution in [-0.4, -0.2) is 33.5 Å². The van der Waals surface area contributed by atoms with E-state index >= 15 is 0 Å². The molecule has 0 heterocycles. The van der Waals surface area contributed by atoms with Gasteiger partial charge in [-0.2, -0.15) is 0 Å². The Morgan fingerprint density at radius 2 is 1.62 bits per heavy atom. The topological polar surface area (TPSA) is 77.8 Å². The molecule has 0 aromatic carbocycles. The average molecular weight is 338 g/mol.